The fourth-order valence-electron chi connectivity index (χ4n) is 13.2. The Morgan fingerprint density at radius 3 is 1.39 bits per heavy atom. The highest BCUT2D eigenvalue weighted by Crippen LogP contribution is 2.38. The van der Waals surface area contributed by atoms with Gasteiger partial charge >= 0.3 is 0 Å². The Hall–Kier alpha value is -11.9. The van der Waals surface area contributed by atoms with E-state index in [1.54, 1.807) is 16.8 Å². The Morgan fingerprint density at radius 2 is 0.852 bits per heavy atom. The zero-order valence-corrected chi connectivity index (χ0v) is 76.6. The molecule has 636 valence electrons. The number of ether oxygens (including phenoxy) is 5. The number of hydrogen-bond acceptors (Lipinski definition) is 9. The molecule has 0 atom stereocenters. The summed E-state index contributed by atoms with van der Waals surface area (Å²) in [6.45, 7) is 52.1. The van der Waals surface area contributed by atoms with Gasteiger partial charge in [0, 0.05) is 66.4 Å². The molecule has 1 N–H and O–H groups in total. The molecular formula is C108H125ClFN7O5. The number of para-hydroxylation sites is 3. The zero-order valence-electron chi connectivity index (χ0n) is 75.9. The Kier molecular flexibility index (Phi) is 30.4. The van der Waals surface area contributed by atoms with Gasteiger partial charge in [0.1, 0.15) is 76.1 Å². The molecule has 0 aliphatic carbocycles. The summed E-state index contributed by atoms with van der Waals surface area (Å²) in [4.78, 5) is 14.1. The fourth-order valence-corrected chi connectivity index (χ4v) is 13.5. The summed E-state index contributed by atoms with van der Waals surface area (Å²) in [5, 5.41) is 5.94. The van der Waals surface area contributed by atoms with Gasteiger partial charge in [-0.05, 0) is 250 Å². The number of aromatic nitrogens is 6. The number of rotatable bonds is 11. The third kappa shape index (κ3) is 27.3. The molecule has 122 heavy (non-hydrogen) atoms. The van der Waals surface area contributed by atoms with E-state index in [0.717, 1.165) is 74.0 Å². The van der Waals surface area contributed by atoms with Crippen molar-refractivity contribution in [2.45, 2.75) is 210 Å². The lowest BCUT2D eigenvalue weighted by atomic mass is 9.86. The van der Waals surface area contributed by atoms with Crippen LogP contribution in [0, 0.1) is 19.7 Å². The van der Waals surface area contributed by atoms with E-state index >= 15 is 0 Å². The number of benzene rings is 10. The van der Waals surface area contributed by atoms with E-state index in [4.69, 9.17) is 35.3 Å². The molecule has 0 spiro atoms. The first-order valence-corrected chi connectivity index (χ1v) is 42.5. The van der Waals surface area contributed by atoms with Gasteiger partial charge in [-0.15, -0.1) is 0 Å². The summed E-state index contributed by atoms with van der Waals surface area (Å²) in [6.07, 6.45) is 12.2. The van der Waals surface area contributed by atoms with Crippen molar-refractivity contribution in [3.63, 3.8) is 0 Å². The average molecular weight is 1660 g/mol. The number of aryl methyl sites for hydroxylation is 2. The highest BCUT2D eigenvalue weighted by molar-refractivity contribution is 6.32. The van der Waals surface area contributed by atoms with Crippen LogP contribution in [0.15, 0.2) is 298 Å². The van der Waals surface area contributed by atoms with Crippen molar-refractivity contribution >= 4 is 39.5 Å². The number of nitrogens with zero attached hydrogens (tertiary/aromatic N) is 6. The van der Waals surface area contributed by atoms with E-state index < -0.39 is 0 Å². The minimum atomic E-state index is -0.264. The fraction of sp³-hybridized carbons (Fsp3) is 0.306. The predicted molar refractivity (Wildman–Crippen MR) is 507 cm³/mol. The highest BCUT2D eigenvalue weighted by atomic mass is 35.5. The number of imidazole rings is 1. The summed E-state index contributed by atoms with van der Waals surface area (Å²) in [6, 6.07) is 86.2. The molecular weight excluding hydrogens is 1530 g/mol. The van der Waals surface area contributed by atoms with Gasteiger partial charge in [-0.2, -0.15) is 5.10 Å². The third-order valence-corrected chi connectivity index (χ3v) is 21.1. The molecule has 12 nitrogen and oxygen atoms in total. The van der Waals surface area contributed by atoms with Gasteiger partial charge in [0.05, 0.1) is 5.02 Å². The second kappa shape index (κ2) is 40.2. The second-order valence-electron chi connectivity index (χ2n) is 38.1. The van der Waals surface area contributed by atoms with Crippen molar-refractivity contribution in [1.82, 2.24) is 29.0 Å². The van der Waals surface area contributed by atoms with Gasteiger partial charge in [-0.1, -0.05) is 270 Å². The van der Waals surface area contributed by atoms with Crippen LogP contribution >= 0.6 is 11.6 Å². The maximum atomic E-state index is 13.1. The molecule has 0 fully saturated rings. The molecule has 10 aromatic carbocycles. The minimum Gasteiger partial charge on any atom is -0.487 e. The van der Waals surface area contributed by atoms with Gasteiger partial charge in [0.2, 0.25) is 0 Å². The topological polar surface area (TPSA) is 113 Å². The Bertz CT molecular complexity index is 5830. The Morgan fingerprint density at radius 1 is 0.393 bits per heavy atom. The van der Waals surface area contributed by atoms with Gasteiger partial charge in [0.25, 0.3) is 0 Å². The molecule has 0 radical (unpaired) electrons. The number of H-pyrrole nitrogens is 1. The Labute approximate surface area is 730 Å². The largest absolute Gasteiger partial charge is 0.487 e. The number of fused-ring (bicyclic) bond motifs is 4. The normalized spacial score (nSPS) is 12.1. The van der Waals surface area contributed by atoms with Crippen LogP contribution < -0.4 is 28.6 Å². The highest BCUT2D eigenvalue weighted by Gasteiger charge is 2.28. The van der Waals surface area contributed by atoms with Crippen LogP contribution in [0.1, 0.15) is 201 Å². The van der Waals surface area contributed by atoms with Crippen molar-refractivity contribution in [3.8, 4) is 51.7 Å². The molecule has 0 saturated heterocycles. The third-order valence-electron chi connectivity index (χ3n) is 20.8. The summed E-state index contributed by atoms with van der Waals surface area (Å²) < 4.78 is 45.9. The molecule has 0 unspecified atom stereocenters. The molecule has 1 aliphatic heterocycles. The van der Waals surface area contributed by atoms with Crippen LogP contribution in [0.4, 0.5) is 10.1 Å². The second-order valence-corrected chi connectivity index (χ2v) is 38.5. The predicted octanol–water partition coefficient (Wildman–Crippen LogP) is 30.1. The lowest BCUT2D eigenvalue weighted by molar-refractivity contribution is 0.305. The maximum absolute atomic E-state index is 13.1. The number of nitrogens with one attached hydrogen (secondary N) is 1. The van der Waals surface area contributed by atoms with Crippen LogP contribution in [-0.2, 0) is 45.5 Å². The summed E-state index contributed by atoms with van der Waals surface area (Å²) in [7, 11) is 0. The van der Waals surface area contributed by atoms with Crippen molar-refractivity contribution in [2.24, 2.45) is 0 Å². The molecule has 0 saturated carbocycles. The first-order valence-electron chi connectivity index (χ1n) is 42.1. The van der Waals surface area contributed by atoms with Gasteiger partial charge in [-0.3, -0.25) is 0 Å². The molecule has 14 heteroatoms. The number of halogens is 2. The smallest absolute Gasteiger partial charge is 0.158 e. The monoisotopic (exact) mass is 1650 g/mol. The van der Waals surface area contributed by atoms with Crippen molar-refractivity contribution < 1.29 is 28.1 Å². The first-order chi connectivity index (χ1) is 57.5. The zero-order chi connectivity index (χ0) is 88.4. The molecule has 0 amide bonds. The maximum Gasteiger partial charge on any atom is 0.158 e. The van der Waals surface area contributed by atoms with E-state index in [0.29, 0.717) is 17.4 Å². The van der Waals surface area contributed by atoms with Crippen LogP contribution in [0.5, 0.6) is 51.7 Å². The van der Waals surface area contributed by atoms with Gasteiger partial charge < -0.3 is 38.0 Å². The van der Waals surface area contributed by atoms with E-state index in [1.165, 1.54) is 87.0 Å². The van der Waals surface area contributed by atoms with Gasteiger partial charge in [-0.25, -0.2) is 18.9 Å². The van der Waals surface area contributed by atoms with Crippen LogP contribution in [0.25, 0.3) is 22.2 Å². The van der Waals surface area contributed by atoms with E-state index in [1.807, 2.05) is 169 Å². The molecule has 15 aromatic rings. The molecule has 6 heterocycles. The summed E-state index contributed by atoms with van der Waals surface area (Å²) >= 11 is 6.23. The SMILES string of the molecule is CC(C)(C)N1CCc2ccccc21.CC(C)(C)c1ccc(OCc2cccc(F)c2)c(Cl)c1.CC(C)(C)c1ccc(Oc2ccccc2)cc1.CC(C)(C)c1ccc(Oc2ccn3ccnc3c2)cc1.CC(C)(C)c1ccc2cc[nH]c2c1.Cc1cc(C(C)(C)C)ccc1Oc1ccccc1.Cc1cc(C(C)(C)C)ccc1Oc1ccn2ncnc2c1. The van der Waals surface area contributed by atoms with Crippen molar-refractivity contribution in [1.29, 1.82) is 0 Å². The molecule has 5 aromatic heterocycles. The molecule has 0 bridgehead atoms. The average Bonchev–Trinajstić information content (AvgIpc) is 1.65. The van der Waals surface area contributed by atoms with Crippen molar-refractivity contribution in [3.05, 3.63) is 365 Å². The number of aromatic amines is 1. The number of hydrogen-bond donors (Lipinski definition) is 1. The van der Waals surface area contributed by atoms with Crippen LogP contribution in [-0.4, -0.2) is 41.1 Å². The lowest BCUT2D eigenvalue weighted by Gasteiger charge is -2.34. The summed E-state index contributed by atoms with van der Waals surface area (Å²) in [5.74, 6) is 7.18. The number of pyridine rings is 2. The van der Waals surface area contributed by atoms with Crippen LogP contribution in [0.3, 0.4) is 0 Å². The quantitative estimate of drug-likeness (QED) is 0.135. The van der Waals surface area contributed by atoms with E-state index in [2.05, 4.69) is 287 Å². The van der Waals surface area contributed by atoms with Gasteiger partial charge in [0.15, 0.2) is 5.65 Å². The van der Waals surface area contributed by atoms with Crippen molar-refractivity contribution in [2.75, 3.05) is 11.4 Å². The minimum absolute atomic E-state index is 0.0464. The lowest BCUT2D eigenvalue weighted by Crippen LogP contribution is -2.40. The first kappa shape index (κ1) is 92.4. The van der Waals surface area contributed by atoms with E-state index in [-0.39, 0.29) is 43.8 Å². The summed E-state index contributed by atoms with van der Waals surface area (Å²) in [5.41, 5.74) is 17.9. The Balaban J connectivity index is 0.000000150. The molecule has 1 aliphatic rings. The number of anilines is 1. The van der Waals surface area contributed by atoms with Crippen LogP contribution in [0.2, 0.25) is 5.02 Å². The molecule has 16 rings (SSSR count). The van der Waals surface area contributed by atoms with E-state index in [9.17, 15) is 4.39 Å². The standard InChI is InChI=1S/C17H18ClFO.C17H19N3O.C17H18N2O.C17H20O.C16H18O.C12H15N.C12H17N/c1-17(2,3)13-7-8-16(15(18)10-13)20-11-12-5-4-6-14(19)9-12;1-12-9-13(17(2,3)4)5-6-15(12)21-14-7-8-20-16(10-14)18-11-19-20;1-17(2,3)13-4-6-14(7-5-13)20-15-8-10-19-11-9-18-16(19)12-15;1-13-12-14(17(2,3)4)10-11-16(13)18-15-8-6-5-7-9-15;1-16(2,3)13-9-11-15(12-10-13)17-14-7-5-4-6-8-14;1-12(2,3)10-5-4-9-6-7-13-11(9)8-10;1-12(2,3)13-9-8-10-6-4-5-7-11(10)13/h4-10H,11H2,1-3H3;5-11H,1-4H3;4-12H,1-3H3;5-12H,1-4H3;4-12H,1-3H3;4-8,13H,1-3H3;4-7H,8-9H2,1-3H3.